The molecule has 0 bridgehead atoms. The van der Waals surface area contributed by atoms with Gasteiger partial charge < -0.3 is 0 Å². The lowest BCUT2D eigenvalue weighted by atomic mass is 10.2. The van der Waals surface area contributed by atoms with Gasteiger partial charge in [0.2, 0.25) is 0 Å². The second-order valence-electron chi connectivity index (χ2n) is 3.12. The quantitative estimate of drug-likeness (QED) is 0.457. The van der Waals surface area contributed by atoms with Gasteiger partial charge in [-0.25, -0.2) is 5.21 Å². The lowest BCUT2D eigenvalue weighted by Crippen LogP contribution is -2.43. The van der Waals surface area contributed by atoms with Crippen molar-refractivity contribution in [3.63, 3.8) is 0 Å². The topological polar surface area (TPSA) is 20.2 Å². The van der Waals surface area contributed by atoms with Crippen LogP contribution >= 0.6 is 0 Å². The molecular weight excluding hydrogens is 114 g/mol. The van der Waals surface area contributed by atoms with Crippen LogP contribution in [0.3, 0.4) is 0 Å². The van der Waals surface area contributed by atoms with E-state index >= 15 is 0 Å². The first-order chi connectivity index (χ1) is 3.98. The molecule has 0 aliphatic carbocycles. The summed E-state index contributed by atoms with van der Waals surface area (Å²) in [5.41, 5.74) is 0. The summed E-state index contributed by atoms with van der Waals surface area (Å²) in [7, 11) is 3.61. The van der Waals surface area contributed by atoms with Crippen LogP contribution in [0.2, 0.25) is 0 Å². The van der Waals surface area contributed by atoms with Crippen molar-refractivity contribution in [3.8, 4) is 0 Å². The molecule has 0 aromatic rings. The van der Waals surface area contributed by atoms with Gasteiger partial charge in [0.1, 0.15) is 6.04 Å². The zero-order valence-electron chi connectivity index (χ0n) is 6.89. The first-order valence-corrected chi connectivity index (χ1v) is 3.55. The van der Waals surface area contributed by atoms with Gasteiger partial charge in [0.25, 0.3) is 0 Å². The lowest BCUT2D eigenvalue weighted by Gasteiger charge is -2.26. The Labute approximate surface area is 57.6 Å². The molecule has 0 amide bonds. The van der Waals surface area contributed by atoms with Gasteiger partial charge in [-0.3, -0.25) is 0 Å². The molecule has 2 nitrogen and oxygen atoms in total. The van der Waals surface area contributed by atoms with Crippen LogP contribution in [0.15, 0.2) is 0 Å². The molecule has 0 unspecified atom stereocenters. The monoisotopic (exact) mass is 132 g/mol. The Bertz CT molecular complexity index is 75.5. The van der Waals surface area contributed by atoms with Crippen molar-refractivity contribution in [2.45, 2.75) is 32.7 Å². The zero-order chi connectivity index (χ0) is 7.49. The average Bonchev–Trinajstić information content (AvgIpc) is 1.64. The van der Waals surface area contributed by atoms with E-state index in [-0.39, 0.29) is 4.65 Å². The molecule has 0 aromatic carbocycles. The van der Waals surface area contributed by atoms with Crippen LogP contribution in [-0.2, 0) is 0 Å². The highest BCUT2D eigenvalue weighted by molar-refractivity contribution is 4.44. The molecule has 9 heavy (non-hydrogen) atoms. The Morgan fingerprint density at radius 2 is 1.89 bits per heavy atom. The van der Waals surface area contributed by atoms with E-state index in [1.807, 2.05) is 0 Å². The van der Waals surface area contributed by atoms with E-state index in [0.717, 1.165) is 12.8 Å². The van der Waals surface area contributed by atoms with Gasteiger partial charge in [0.15, 0.2) is 0 Å². The van der Waals surface area contributed by atoms with Crippen molar-refractivity contribution in [1.82, 2.24) is 0 Å². The van der Waals surface area contributed by atoms with Crippen molar-refractivity contribution >= 4 is 0 Å². The van der Waals surface area contributed by atoms with Crippen LogP contribution < -0.4 is 0 Å². The van der Waals surface area contributed by atoms with Gasteiger partial charge in [0, 0.05) is 6.42 Å². The molecule has 1 N–H and O–H groups in total. The fraction of sp³-hybridized carbons (Fsp3) is 1.00. The highest BCUT2D eigenvalue weighted by Gasteiger charge is 2.19. The molecule has 0 aliphatic rings. The maximum absolute atomic E-state index is 9.35. The average molecular weight is 132 g/mol. The molecule has 2 heteroatoms. The maximum Gasteiger partial charge on any atom is 0.115 e. The third-order valence-corrected chi connectivity index (χ3v) is 1.79. The van der Waals surface area contributed by atoms with Crippen LogP contribution in [0, 0.1) is 0 Å². The van der Waals surface area contributed by atoms with Crippen LogP contribution in [0.4, 0.5) is 0 Å². The van der Waals surface area contributed by atoms with E-state index in [1.54, 1.807) is 14.1 Å². The molecule has 1 atom stereocenters. The minimum Gasteiger partial charge on any atom is -0.217 e. The van der Waals surface area contributed by atoms with Crippen LogP contribution in [0.5, 0.6) is 0 Å². The summed E-state index contributed by atoms with van der Waals surface area (Å²) in [6.07, 6.45) is 2.23. The molecule has 0 spiro atoms. The van der Waals surface area contributed by atoms with E-state index in [1.165, 1.54) is 0 Å². The van der Waals surface area contributed by atoms with E-state index in [0.29, 0.717) is 6.04 Å². The molecule has 56 valence electrons. The maximum atomic E-state index is 9.35. The number of rotatable bonds is 3. The predicted octanol–water partition coefficient (Wildman–Crippen LogP) is 1.64. The summed E-state index contributed by atoms with van der Waals surface area (Å²) in [5, 5.41) is 9.35. The SMILES string of the molecule is CCC[C@@H](C)[N+](C)(C)O. The molecule has 0 heterocycles. The largest absolute Gasteiger partial charge is 0.217 e. The van der Waals surface area contributed by atoms with E-state index in [9.17, 15) is 5.21 Å². The molecular formula is C7H18NO+. The molecule has 0 fully saturated rings. The van der Waals surface area contributed by atoms with E-state index in [2.05, 4.69) is 13.8 Å². The first-order valence-electron chi connectivity index (χ1n) is 3.55. The number of hydrogen-bond acceptors (Lipinski definition) is 1. The van der Waals surface area contributed by atoms with Gasteiger partial charge in [-0.2, -0.15) is 4.65 Å². The Morgan fingerprint density at radius 3 is 2.00 bits per heavy atom. The van der Waals surface area contributed by atoms with Crippen LogP contribution in [-0.4, -0.2) is 30.0 Å². The Hall–Kier alpha value is -0.0800. The van der Waals surface area contributed by atoms with Crippen molar-refractivity contribution in [2.75, 3.05) is 14.1 Å². The smallest absolute Gasteiger partial charge is 0.115 e. The standard InChI is InChI=1S/C7H18NO/c1-5-6-7(2)8(3,4)9/h7,9H,5-6H2,1-4H3/q+1/t7-/m1/s1. The zero-order valence-corrected chi connectivity index (χ0v) is 6.89. The van der Waals surface area contributed by atoms with Gasteiger partial charge in [-0.15, -0.1) is 0 Å². The number of hydroxylamine groups is 3. The predicted molar refractivity (Wildman–Crippen MR) is 38.3 cm³/mol. The van der Waals surface area contributed by atoms with Gasteiger partial charge in [-0.1, -0.05) is 13.3 Å². The summed E-state index contributed by atoms with van der Waals surface area (Å²) >= 11 is 0. The minimum atomic E-state index is 0.0911. The second-order valence-corrected chi connectivity index (χ2v) is 3.12. The summed E-state index contributed by atoms with van der Waals surface area (Å²) in [4.78, 5) is 0. The van der Waals surface area contributed by atoms with Crippen molar-refractivity contribution in [3.05, 3.63) is 0 Å². The Morgan fingerprint density at radius 1 is 1.44 bits per heavy atom. The number of nitrogens with zero attached hydrogens (tertiary/aromatic N) is 1. The fourth-order valence-corrected chi connectivity index (χ4v) is 0.734. The summed E-state index contributed by atoms with van der Waals surface area (Å²) in [5.74, 6) is 0. The number of hydrogen-bond donors (Lipinski definition) is 1. The van der Waals surface area contributed by atoms with Crippen LogP contribution in [0.1, 0.15) is 26.7 Å². The summed E-state index contributed by atoms with van der Waals surface area (Å²) in [6, 6.07) is 0.356. The highest BCUT2D eigenvalue weighted by atomic mass is 16.5. The van der Waals surface area contributed by atoms with E-state index in [4.69, 9.17) is 0 Å². The van der Waals surface area contributed by atoms with Gasteiger partial charge in [-0.05, 0) is 6.92 Å². The van der Waals surface area contributed by atoms with Gasteiger partial charge >= 0.3 is 0 Å². The van der Waals surface area contributed by atoms with Gasteiger partial charge in [0.05, 0.1) is 14.1 Å². The second kappa shape index (κ2) is 3.18. The molecule has 0 aromatic heterocycles. The molecule has 0 aliphatic heterocycles. The van der Waals surface area contributed by atoms with E-state index < -0.39 is 0 Å². The third kappa shape index (κ3) is 3.49. The fourth-order valence-electron chi connectivity index (χ4n) is 0.734. The summed E-state index contributed by atoms with van der Waals surface area (Å²) < 4.78 is 0.0911. The number of quaternary nitrogens is 1. The lowest BCUT2D eigenvalue weighted by molar-refractivity contribution is -1.09. The Kier molecular flexibility index (Phi) is 3.15. The molecule has 0 saturated heterocycles. The normalized spacial score (nSPS) is 15.7. The first kappa shape index (κ1) is 8.92. The molecule has 0 radical (unpaired) electrons. The molecule has 0 saturated carbocycles. The van der Waals surface area contributed by atoms with Crippen molar-refractivity contribution in [2.24, 2.45) is 0 Å². The third-order valence-electron chi connectivity index (χ3n) is 1.79. The van der Waals surface area contributed by atoms with Crippen molar-refractivity contribution < 1.29 is 9.85 Å². The van der Waals surface area contributed by atoms with Crippen LogP contribution in [0.25, 0.3) is 0 Å². The molecule has 0 rings (SSSR count). The minimum absolute atomic E-state index is 0.0911. The van der Waals surface area contributed by atoms with Crippen molar-refractivity contribution in [1.29, 1.82) is 0 Å². The Balaban J connectivity index is 3.59. The highest BCUT2D eigenvalue weighted by Crippen LogP contribution is 2.07. The summed E-state index contributed by atoms with van der Waals surface area (Å²) in [6.45, 7) is 4.19.